The first-order valence-electron chi connectivity index (χ1n) is 16.2. The minimum atomic E-state index is -0.984. The SMILES string of the molecule is Cc1ccccc1C[C@H](NC(=O)OC(C)(C)C)C(=O)NC(C(=O)N[C@@H](CC(C)C)C(=O)OCc1ccccc1)C1CCCCC1. The Morgan fingerprint density at radius 2 is 1.47 bits per heavy atom. The molecule has 246 valence electrons. The van der Waals surface area contributed by atoms with Crippen LogP contribution in [0.3, 0.4) is 0 Å². The topological polar surface area (TPSA) is 123 Å². The molecule has 0 bridgehead atoms. The second kappa shape index (κ2) is 17.0. The average Bonchev–Trinajstić information content (AvgIpc) is 2.98. The molecule has 3 N–H and O–H groups in total. The van der Waals surface area contributed by atoms with Crippen LogP contribution in [0, 0.1) is 18.8 Å². The quantitative estimate of drug-likeness (QED) is 0.244. The largest absolute Gasteiger partial charge is 0.459 e. The second-order valence-electron chi connectivity index (χ2n) is 13.5. The number of alkyl carbamates (subject to hydrolysis) is 1. The van der Waals surface area contributed by atoms with Crippen LogP contribution in [0.25, 0.3) is 0 Å². The van der Waals surface area contributed by atoms with Gasteiger partial charge in [-0.15, -0.1) is 0 Å². The fourth-order valence-electron chi connectivity index (χ4n) is 5.61. The first-order valence-corrected chi connectivity index (χ1v) is 16.2. The van der Waals surface area contributed by atoms with Gasteiger partial charge in [-0.2, -0.15) is 0 Å². The summed E-state index contributed by atoms with van der Waals surface area (Å²) in [5, 5.41) is 8.63. The Bertz CT molecular complexity index is 1270. The van der Waals surface area contributed by atoms with Gasteiger partial charge < -0.3 is 25.4 Å². The van der Waals surface area contributed by atoms with E-state index in [0.29, 0.717) is 6.42 Å². The maximum absolute atomic E-state index is 13.9. The van der Waals surface area contributed by atoms with Gasteiger partial charge in [-0.1, -0.05) is 87.7 Å². The third-order valence-electron chi connectivity index (χ3n) is 7.93. The molecule has 2 aromatic rings. The lowest BCUT2D eigenvalue weighted by atomic mass is 9.83. The molecule has 9 heteroatoms. The Balaban J connectivity index is 1.81. The van der Waals surface area contributed by atoms with Crippen molar-refractivity contribution in [2.45, 2.75) is 117 Å². The van der Waals surface area contributed by atoms with Gasteiger partial charge >= 0.3 is 12.1 Å². The zero-order chi connectivity index (χ0) is 33.0. The molecule has 0 aromatic heterocycles. The van der Waals surface area contributed by atoms with E-state index in [1.807, 2.05) is 75.4 Å². The molecule has 1 aliphatic carbocycles. The molecule has 45 heavy (non-hydrogen) atoms. The summed E-state index contributed by atoms with van der Waals surface area (Å²) in [5.74, 6) is -1.42. The monoisotopic (exact) mass is 621 g/mol. The summed E-state index contributed by atoms with van der Waals surface area (Å²) in [4.78, 5) is 53.9. The molecule has 2 aromatic carbocycles. The molecule has 0 spiro atoms. The van der Waals surface area contributed by atoms with Gasteiger partial charge in [0.1, 0.15) is 30.3 Å². The first-order chi connectivity index (χ1) is 21.3. The molecule has 9 nitrogen and oxygen atoms in total. The van der Waals surface area contributed by atoms with Crippen LogP contribution in [-0.4, -0.2) is 47.6 Å². The maximum Gasteiger partial charge on any atom is 0.408 e. The summed E-state index contributed by atoms with van der Waals surface area (Å²) in [5.41, 5.74) is 1.97. The minimum absolute atomic E-state index is 0.101. The van der Waals surface area contributed by atoms with E-state index in [4.69, 9.17) is 9.47 Å². The summed E-state index contributed by atoms with van der Waals surface area (Å²) in [6.07, 6.45) is 4.40. The lowest BCUT2D eigenvalue weighted by Gasteiger charge is -2.32. The van der Waals surface area contributed by atoms with Crippen LogP contribution in [0.4, 0.5) is 4.79 Å². The highest BCUT2D eigenvalue weighted by Crippen LogP contribution is 2.27. The molecule has 3 atom stereocenters. The summed E-state index contributed by atoms with van der Waals surface area (Å²) >= 11 is 0. The summed E-state index contributed by atoms with van der Waals surface area (Å²) in [7, 11) is 0. The van der Waals surface area contributed by atoms with Crippen molar-refractivity contribution in [1.82, 2.24) is 16.0 Å². The van der Waals surface area contributed by atoms with Gasteiger partial charge in [0, 0.05) is 6.42 Å². The van der Waals surface area contributed by atoms with Crippen molar-refractivity contribution < 1.29 is 28.7 Å². The summed E-state index contributed by atoms with van der Waals surface area (Å²) < 4.78 is 11.1. The molecule has 0 aliphatic heterocycles. The third-order valence-corrected chi connectivity index (χ3v) is 7.93. The number of rotatable bonds is 13. The normalized spacial score (nSPS) is 15.8. The highest BCUT2D eigenvalue weighted by molar-refractivity contribution is 5.93. The zero-order valence-electron chi connectivity index (χ0n) is 27.7. The molecular weight excluding hydrogens is 570 g/mol. The fraction of sp³-hybridized carbons (Fsp3) is 0.556. The molecule has 0 radical (unpaired) electrons. The Morgan fingerprint density at radius 1 is 0.822 bits per heavy atom. The standard InChI is InChI=1S/C36H51N3O6/c1-24(2)21-30(34(42)44-23-26-16-9-7-10-17-26)37-33(41)31(27-18-11-8-12-19-27)39-32(40)29(38-35(43)45-36(4,5)6)22-28-20-14-13-15-25(28)3/h7,9-10,13-17,20,24,27,29-31H,8,11-12,18-19,21-23H2,1-6H3,(H,37,41)(H,38,43)(H,39,40)/t29-,30-,31?/m0/s1. The molecule has 0 heterocycles. The second-order valence-corrected chi connectivity index (χ2v) is 13.5. The number of aryl methyl sites for hydroxylation is 1. The molecule has 1 fully saturated rings. The van der Waals surface area contributed by atoms with Gasteiger partial charge in [0.05, 0.1) is 0 Å². The van der Waals surface area contributed by atoms with E-state index in [0.717, 1.165) is 48.8 Å². The average molecular weight is 622 g/mol. The van der Waals surface area contributed by atoms with Crippen molar-refractivity contribution >= 4 is 23.9 Å². The predicted molar refractivity (Wildman–Crippen MR) is 174 cm³/mol. The van der Waals surface area contributed by atoms with E-state index in [-0.39, 0.29) is 24.9 Å². The first kappa shape index (κ1) is 35.6. The third kappa shape index (κ3) is 12.2. The summed E-state index contributed by atoms with van der Waals surface area (Å²) in [6.45, 7) is 11.3. The molecule has 0 saturated heterocycles. The lowest BCUT2D eigenvalue weighted by molar-refractivity contribution is -0.150. The molecule has 1 unspecified atom stereocenters. The summed E-state index contributed by atoms with van der Waals surface area (Å²) in [6, 6.07) is 14.3. The number of hydrogen-bond acceptors (Lipinski definition) is 6. The molecule has 1 aliphatic rings. The van der Waals surface area contributed by atoms with E-state index < -0.39 is 47.6 Å². The molecule has 1 saturated carbocycles. The van der Waals surface area contributed by atoms with Gasteiger partial charge in [0.15, 0.2) is 0 Å². The Hall–Kier alpha value is -3.88. The van der Waals surface area contributed by atoms with Gasteiger partial charge in [-0.05, 0) is 75.5 Å². The van der Waals surface area contributed by atoms with E-state index in [1.165, 1.54) is 0 Å². The van der Waals surface area contributed by atoms with Gasteiger partial charge in [-0.25, -0.2) is 9.59 Å². The maximum atomic E-state index is 13.9. The zero-order valence-corrected chi connectivity index (χ0v) is 27.7. The van der Waals surface area contributed by atoms with Crippen LogP contribution in [-0.2, 0) is 36.9 Å². The number of hydrogen-bond donors (Lipinski definition) is 3. The van der Waals surface area contributed by atoms with Crippen molar-refractivity contribution in [2.24, 2.45) is 11.8 Å². The molecule has 3 rings (SSSR count). The van der Waals surface area contributed by atoms with Crippen LogP contribution in [0.5, 0.6) is 0 Å². The Labute approximate surface area is 268 Å². The fourth-order valence-corrected chi connectivity index (χ4v) is 5.61. The number of benzene rings is 2. The highest BCUT2D eigenvalue weighted by Gasteiger charge is 2.36. The van der Waals surface area contributed by atoms with Crippen LogP contribution >= 0.6 is 0 Å². The van der Waals surface area contributed by atoms with Crippen molar-refractivity contribution in [3.8, 4) is 0 Å². The number of amides is 3. The highest BCUT2D eigenvalue weighted by atomic mass is 16.6. The number of esters is 1. The molecular formula is C36H51N3O6. The lowest BCUT2D eigenvalue weighted by Crippen LogP contribution is -2.59. The van der Waals surface area contributed by atoms with Crippen molar-refractivity contribution in [3.05, 3.63) is 71.3 Å². The Kier molecular flexibility index (Phi) is 13.4. The van der Waals surface area contributed by atoms with E-state index in [2.05, 4.69) is 16.0 Å². The van der Waals surface area contributed by atoms with E-state index >= 15 is 0 Å². The van der Waals surface area contributed by atoms with Crippen LogP contribution in [0.15, 0.2) is 54.6 Å². The van der Waals surface area contributed by atoms with Crippen molar-refractivity contribution in [3.63, 3.8) is 0 Å². The van der Waals surface area contributed by atoms with E-state index in [1.54, 1.807) is 20.8 Å². The Morgan fingerprint density at radius 3 is 2.09 bits per heavy atom. The minimum Gasteiger partial charge on any atom is -0.459 e. The van der Waals surface area contributed by atoms with Crippen molar-refractivity contribution in [2.75, 3.05) is 0 Å². The number of nitrogens with one attached hydrogen (secondary N) is 3. The number of carbonyl (C=O) groups excluding carboxylic acids is 4. The van der Waals surface area contributed by atoms with Gasteiger partial charge in [-0.3, -0.25) is 9.59 Å². The predicted octanol–water partition coefficient (Wildman–Crippen LogP) is 5.77. The number of carbonyl (C=O) groups is 4. The van der Waals surface area contributed by atoms with Crippen LogP contribution < -0.4 is 16.0 Å². The van der Waals surface area contributed by atoms with Gasteiger partial charge in [0.2, 0.25) is 11.8 Å². The van der Waals surface area contributed by atoms with Crippen LogP contribution in [0.1, 0.15) is 89.8 Å². The van der Waals surface area contributed by atoms with Gasteiger partial charge in [0.25, 0.3) is 0 Å². The van der Waals surface area contributed by atoms with Crippen LogP contribution in [0.2, 0.25) is 0 Å². The van der Waals surface area contributed by atoms with E-state index in [9.17, 15) is 19.2 Å². The van der Waals surface area contributed by atoms with Crippen molar-refractivity contribution in [1.29, 1.82) is 0 Å². The smallest absolute Gasteiger partial charge is 0.408 e. The molecule has 3 amide bonds. The number of ether oxygens (including phenoxy) is 2.